The minimum atomic E-state index is -1.67. The van der Waals surface area contributed by atoms with E-state index in [4.69, 9.17) is 33.3 Å². The van der Waals surface area contributed by atoms with Crippen molar-refractivity contribution < 1.29 is 67.1 Å². The zero-order valence-corrected chi connectivity index (χ0v) is 40.3. The van der Waals surface area contributed by atoms with Crippen LogP contribution in [0.25, 0.3) is 6.08 Å². The molecule has 17 heteroatoms. The van der Waals surface area contributed by atoms with E-state index in [-0.39, 0.29) is 38.8 Å². The molecule has 1 spiro atoms. The molecule has 0 radical (unpaired) electrons. The molecule has 2 N–H and O–H groups in total. The van der Waals surface area contributed by atoms with Crippen LogP contribution in [0.15, 0.2) is 84.9 Å². The lowest BCUT2D eigenvalue weighted by Gasteiger charge is -2.50. The third kappa shape index (κ3) is 9.49. The summed E-state index contributed by atoms with van der Waals surface area (Å²) in [5.41, 5.74) is 0.940. The topological polar surface area (TPSA) is 206 Å². The van der Waals surface area contributed by atoms with Gasteiger partial charge in [-0.2, -0.15) is 5.06 Å². The third-order valence-corrected chi connectivity index (χ3v) is 14.3. The smallest absolute Gasteiger partial charge is 0.348 e. The van der Waals surface area contributed by atoms with Crippen molar-refractivity contribution in [3.63, 3.8) is 0 Å². The van der Waals surface area contributed by atoms with Crippen molar-refractivity contribution in [1.82, 2.24) is 15.3 Å². The van der Waals surface area contributed by atoms with Crippen molar-refractivity contribution in [2.24, 2.45) is 10.8 Å². The number of hydrogen-bond acceptors (Lipinski definition) is 15. The van der Waals surface area contributed by atoms with Gasteiger partial charge in [0.25, 0.3) is 0 Å². The van der Waals surface area contributed by atoms with Crippen LogP contribution in [0, 0.1) is 10.8 Å². The molecule has 372 valence electrons. The fourth-order valence-electron chi connectivity index (χ4n) is 10.9. The number of ether oxygens (including phenoxy) is 6. The highest BCUT2D eigenvalue weighted by Crippen LogP contribution is 2.59. The van der Waals surface area contributed by atoms with Crippen molar-refractivity contribution in [2.75, 3.05) is 20.3 Å². The largest absolute Gasteiger partial charge is 0.462 e. The molecular weight excluding hydrogens is 903 g/mol. The number of esters is 4. The van der Waals surface area contributed by atoms with E-state index >= 15 is 4.79 Å². The second-order valence-electron chi connectivity index (χ2n) is 21.0. The van der Waals surface area contributed by atoms with Crippen LogP contribution in [0.1, 0.15) is 81.7 Å². The van der Waals surface area contributed by atoms with Gasteiger partial charge in [-0.05, 0) is 61.1 Å². The number of hydrogen-bond donors (Lipinski definition) is 2. The van der Waals surface area contributed by atoms with Crippen LogP contribution in [-0.2, 0) is 87.8 Å². The maximum atomic E-state index is 15.9. The fourth-order valence-corrected chi connectivity index (χ4v) is 10.9. The van der Waals surface area contributed by atoms with Crippen molar-refractivity contribution in [2.45, 2.75) is 140 Å². The number of nitrogens with one attached hydrogen (secondary N) is 1. The van der Waals surface area contributed by atoms with E-state index in [0.29, 0.717) is 24.0 Å². The first kappa shape index (κ1) is 49.0. The number of rotatable bonds is 15. The maximum Gasteiger partial charge on any atom is 0.348 e. The second kappa shape index (κ2) is 19.0. The minimum Gasteiger partial charge on any atom is -0.462 e. The second-order valence-corrected chi connectivity index (χ2v) is 21.0. The summed E-state index contributed by atoms with van der Waals surface area (Å²) in [5, 5.41) is 14.8. The first-order valence-corrected chi connectivity index (χ1v) is 23.9. The Morgan fingerprint density at radius 2 is 1.60 bits per heavy atom. The molecule has 70 heavy (non-hydrogen) atoms. The quantitative estimate of drug-likeness (QED) is 0.126. The Morgan fingerprint density at radius 3 is 2.27 bits per heavy atom. The predicted octanol–water partition coefficient (Wildman–Crippen LogP) is 3.94. The number of aliphatic hydroxyl groups is 1. The van der Waals surface area contributed by atoms with Crippen molar-refractivity contribution >= 4 is 41.8 Å². The number of carbonyl (C=O) groups excluding carboxylic acids is 6. The van der Waals surface area contributed by atoms with Gasteiger partial charge >= 0.3 is 23.9 Å². The Bertz CT molecular complexity index is 2530. The molecule has 17 nitrogen and oxygen atoms in total. The predicted molar refractivity (Wildman–Crippen MR) is 248 cm³/mol. The maximum absolute atomic E-state index is 15.9. The van der Waals surface area contributed by atoms with Crippen LogP contribution in [0.4, 0.5) is 0 Å². The van der Waals surface area contributed by atoms with E-state index in [9.17, 15) is 29.1 Å². The van der Waals surface area contributed by atoms with Gasteiger partial charge in [-0.3, -0.25) is 24.0 Å². The average molecular weight is 964 g/mol. The molecule has 2 aliphatic carbocycles. The summed E-state index contributed by atoms with van der Waals surface area (Å²) in [6.07, 6.45) is -1.09. The summed E-state index contributed by atoms with van der Waals surface area (Å²) in [6.45, 7) is 8.38. The lowest BCUT2D eigenvalue weighted by molar-refractivity contribution is -0.218. The molecule has 1 saturated carbocycles. The SMILES string of the molecule is CN(C(=O)C12CC3OC(=O)C1N(Cc1ccccc1C=CC(=O)OC1C(=O)OCC1(C)C)OC2C1OC2(Cc4ccccc4C2)OC31)C(Cc1ccccc1)C(=O)NC(CO)CCC(=O)OC(C)(C)C. The average Bonchev–Trinajstić information content (AvgIpc) is 4.06. The lowest BCUT2D eigenvalue weighted by Crippen LogP contribution is -2.70. The van der Waals surface area contributed by atoms with Crippen LogP contribution < -0.4 is 5.32 Å². The molecule has 6 aliphatic rings. The monoisotopic (exact) mass is 963 g/mol. The van der Waals surface area contributed by atoms with Crippen molar-refractivity contribution in [3.05, 3.63) is 113 Å². The van der Waals surface area contributed by atoms with E-state index < -0.39 is 113 Å². The molecule has 3 aromatic rings. The molecule has 3 aromatic carbocycles. The van der Waals surface area contributed by atoms with Gasteiger partial charge in [0, 0.05) is 50.6 Å². The Kier molecular flexibility index (Phi) is 13.3. The van der Waals surface area contributed by atoms with Gasteiger partial charge in [-0.25, -0.2) is 9.59 Å². The first-order chi connectivity index (χ1) is 33.3. The molecule has 0 aromatic heterocycles. The number of nitrogens with zero attached hydrogens (tertiary/aromatic N) is 2. The molecule has 2 bridgehead atoms. The molecule has 4 saturated heterocycles. The van der Waals surface area contributed by atoms with E-state index in [1.54, 1.807) is 65.0 Å². The van der Waals surface area contributed by atoms with Gasteiger partial charge in [0.1, 0.15) is 48.1 Å². The highest BCUT2D eigenvalue weighted by Gasteiger charge is 2.77. The third-order valence-electron chi connectivity index (χ3n) is 14.3. The standard InChI is InChI=1S/C53H61N3O14/c1-50(2,3)67-40(59)23-21-36(29-57)54-46(60)37(24-31-14-8-7-9-15-31)55(6)49(63)53-27-38-41-42(69-52(68-41)25-33-17-11-12-18-34(33)26-52)44(53)70-56(43(53)47(61)65-38)28-35-19-13-10-16-32(35)20-22-39(58)66-45-48(62)64-30-51(45,4)5/h7-20,22,36-38,41-45,57H,21,23-30H2,1-6H3,(H,54,60). The summed E-state index contributed by atoms with van der Waals surface area (Å²) >= 11 is 0. The number of benzene rings is 3. The first-order valence-electron chi connectivity index (χ1n) is 23.9. The summed E-state index contributed by atoms with van der Waals surface area (Å²) in [5.74, 6) is -4.82. The number of cyclic esters (lactones) is 1. The fraction of sp³-hybridized carbons (Fsp3) is 0.509. The van der Waals surface area contributed by atoms with Gasteiger partial charge in [0.15, 0.2) is 11.8 Å². The lowest BCUT2D eigenvalue weighted by atomic mass is 9.62. The highest BCUT2D eigenvalue weighted by atomic mass is 16.8. The van der Waals surface area contributed by atoms with Crippen LogP contribution >= 0.6 is 0 Å². The molecular formula is C53H61N3O14. The van der Waals surface area contributed by atoms with Crippen molar-refractivity contribution in [3.8, 4) is 0 Å². The molecule has 9 rings (SSSR count). The normalized spacial score (nSPS) is 27.8. The van der Waals surface area contributed by atoms with Crippen molar-refractivity contribution in [1.29, 1.82) is 0 Å². The number of likely N-dealkylation sites (N-methyl/N-ethyl adjacent to an activating group) is 1. The van der Waals surface area contributed by atoms with E-state index in [0.717, 1.165) is 16.7 Å². The summed E-state index contributed by atoms with van der Waals surface area (Å²) in [7, 11) is 1.52. The zero-order chi connectivity index (χ0) is 49.8. The Labute approximate surface area is 406 Å². The number of amides is 2. The summed E-state index contributed by atoms with van der Waals surface area (Å²) in [4.78, 5) is 91.7. The summed E-state index contributed by atoms with van der Waals surface area (Å²) in [6, 6.07) is 20.9. The molecule has 9 unspecified atom stereocenters. The van der Waals surface area contributed by atoms with Crippen LogP contribution in [0.5, 0.6) is 0 Å². The van der Waals surface area contributed by atoms with Gasteiger partial charge < -0.3 is 43.7 Å². The number of carbonyl (C=O) groups is 6. The molecule has 4 heterocycles. The molecule has 4 aliphatic heterocycles. The number of aliphatic hydroxyl groups excluding tert-OH is 1. The number of hydroxylamine groups is 2. The van der Waals surface area contributed by atoms with Crippen LogP contribution in [-0.4, -0.2) is 131 Å². The molecule has 5 fully saturated rings. The van der Waals surface area contributed by atoms with Crippen LogP contribution in [0.3, 0.4) is 0 Å². The van der Waals surface area contributed by atoms with Gasteiger partial charge in [-0.15, -0.1) is 0 Å². The van der Waals surface area contributed by atoms with E-state index in [1.807, 2.05) is 54.6 Å². The summed E-state index contributed by atoms with van der Waals surface area (Å²) < 4.78 is 36.2. The Morgan fingerprint density at radius 1 is 0.929 bits per heavy atom. The molecule has 9 atom stereocenters. The van der Waals surface area contributed by atoms with Gasteiger partial charge in [0.05, 0.1) is 19.2 Å². The highest BCUT2D eigenvalue weighted by molar-refractivity contribution is 5.96. The Hall–Kier alpha value is -5.98. The van der Waals surface area contributed by atoms with Gasteiger partial charge in [0.2, 0.25) is 17.9 Å². The van der Waals surface area contributed by atoms with E-state index in [2.05, 4.69) is 5.32 Å². The van der Waals surface area contributed by atoms with E-state index in [1.165, 1.54) is 23.1 Å². The van der Waals surface area contributed by atoms with Crippen LogP contribution in [0.2, 0.25) is 0 Å². The number of fused-ring (bicyclic) bond motifs is 5. The molecule has 2 amide bonds. The Balaban J connectivity index is 1.04. The van der Waals surface area contributed by atoms with Gasteiger partial charge in [-0.1, -0.05) is 92.7 Å². The zero-order valence-electron chi connectivity index (χ0n) is 40.3. The minimum absolute atomic E-state index is 0.0104.